The summed E-state index contributed by atoms with van der Waals surface area (Å²) < 4.78 is 4.98. The van der Waals surface area contributed by atoms with Crippen molar-refractivity contribution in [2.24, 2.45) is 11.3 Å². The molecule has 0 radical (unpaired) electrons. The molecular formula is C13H23NO4. The smallest absolute Gasteiger partial charge is 0.311 e. The molecule has 0 aromatic rings. The molecule has 5 nitrogen and oxygen atoms in total. The summed E-state index contributed by atoms with van der Waals surface area (Å²) in [5.41, 5.74) is -0.819. The Bertz CT molecular complexity index is 318. The van der Waals surface area contributed by atoms with Crippen molar-refractivity contribution in [2.45, 2.75) is 45.6 Å². The Hall–Kier alpha value is -1.10. The first kappa shape index (κ1) is 15.0. The highest BCUT2D eigenvalue weighted by Gasteiger charge is 2.45. The van der Waals surface area contributed by atoms with Crippen LogP contribution in [0.5, 0.6) is 0 Å². The molecule has 0 bridgehead atoms. The Morgan fingerprint density at radius 2 is 2.22 bits per heavy atom. The van der Waals surface area contributed by atoms with Crippen LogP contribution in [0.4, 0.5) is 0 Å². The van der Waals surface area contributed by atoms with E-state index in [-0.39, 0.29) is 17.9 Å². The van der Waals surface area contributed by atoms with Gasteiger partial charge in [0.15, 0.2) is 0 Å². The highest BCUT2D eigenvalue weighted by molar-refractivity contribution is 5.80. The molecule has 104 valence electrons. The zero-order valence-corrected chi connectivity index (χ0v) is 11.4. The fraction of sp³-hybridized carbons (Fsp3) is 0.846. The van der Waals surface area contributed by atoms with E-state index < -0.39 is 11.4 Å². The number of amides is 1. The van der Waals surface area contributed by atoms with Crippen molar-refractivity contribution in [1.29, 1.82) is 0 Å². The number of carboxylic acids is 1. The molecule has 0 spiro atoms. The van der Waals surface area contributed by atoms with E-state index in [0.29, 0.717) is 19.4 Å². The lowest BCUT2D eigenvalue weighted by atomic mass is 9.85. The molecule has 0 heterocycles. The summed E-state index contributed by atoms with van der Waals surface area (Å²) in [4.78, 5) is 23.1. The maximum Gasteiger partial charge on any atom is 0.311 e. The van der Waals surface area contributed by atoms with Crippen molar-refractivity contribution >= 4 is 11.9 Å². The summed E-state index contributed by atoms with van der Waals surface area (Å²) in [5.74, 6) is -0.762. The predicted molar refractivity (Wildman–Crippen MR) is 67.2 cm³/mol. The minimum Gasteiger partial charge on any atom is -0.481 e. The van der Waals surface area contributed by atoms with Crippen LogP contribution in [-0.4, -0.2) is 36.7 Å². The second-order valence-corrected chi connectivity index (χ2v) is 5.50. The first-order valence-electron chi connectivity index (χ1n) is 6.42. The van der Waals surface area contributed by atoms with Crippen LogP contribution in [0.15, 0.2) is 0 Å². The van der Waals surface area contributed by atoms with Crippen LogP contribution < -0.4 is 5.32 Å². The number of hydrogen-bond acceptors (Lipinski definition) is 3. The molecule has 2 N–H and O–H groups in total. The second kappa shape index (κ2) is 6.18. The van der Waals surface area contributed by atoms with Gasteiger partial charge in [0.1, 0.15) is 0 Å². The Morgan fingerprint density at radius 1 is 1.56 bits per heavy atom. The molecule has 0 aromatic carbocycles. The summed E-state index contributed by atoms with van der Waals surface area (Å²) in [7, 11) is 1.60. The van der Waals surface area contributed by atoms with Gasteiger partial charge in [0.2, 0.25) is 5.91 Å². The topological polar surface area (TPSA) is 75.6 Å². The highest BCUT2D eigenvalue weighted by atomic mass is 16.5. The number of aliphatic carboxylic acids is 1. The molecule has 0 aromatic heterocycles. The number of nitrogens with one attached hydrogen (secondary N) is 1. The van der Waals surface area contributed by atoms with E-state index in [1.165, 1.54) is 0 Å². The van der Waals surface area contributed by atoms with Crippen LogP contribution in [0.25, 0.3) is 0 Å². The maximum absolute atomic E-state index is 11.8. The van der Waals surface area contributed by atoms with Gasteiger partial charge in [-0.3, -0.25) is 9.59 Å². The SMILES string of the molecule is COCC(C)CC(=O)NC1CCCC1(C)C(=O)O. The lowest BCUT2D eigenvalue weighted by molar-refractivity contribution is -0.149. The average Bonchev–Trinajstić information content (AvgIpc) is 2.61. The van der Waals surface area contributed by atoms with E-state index in [2.05, 4.69) is 5.32 Å². The fourth-order valence-corrected chi connectivity index (χ4v) is 2.57. The number of ether oxygens (including phenoxy) is 1. The van der Waals surface area contributed by atoms with Crippen LogP contribution in [0, 0.1) is 11.3 Å². The number of rotatable bonds is 6. The number of carbonyl (C=O) groups excluding carboxylic acids is 1. The Labute approximate surface area is 108 Å². The molecule has 18 heavy (non-hydrogen) atoms. The van der Waals surface area contributed by atoms with Crippen molar-refractivity contribution in [3.05, 3.63) is 0 Å². The number of carbonyl (C=O) groups is 2. The van der Waals surface area contributed by atoms with Crippen molar-refractivity contribution in [1.82, 2.24) is 5.32 Å². The lowest BCUT2D eigenvalue weighted by Gasteiger charge is -2.28. The first-order valence-corrected chi connectivity index (χ1v) is 6.42. The monoisotopic (exact) mass is 257 g/mol. The molecule has 0 aliphatic heterocycles. The number of hydrogen-bond donors (Lipinski definition) is 2. The van der Waals surface area contributed by atoms with Gasteiger partial charge in [0, 0.05) is 26.2 Å². The third-order valence-corrected chi connectivity index (χ3v) is 3.77. The van der Waals surface area contributed by atoms with Crippen LogP contribution in [-0.2, 0) is 14.3 Å². The van der Waals surface area contributed by atoms with Crippen molar-refractivity contribution in [3.8, 4) is 0 Å². The molecule has 3 unspecified atom stereocenters. The molecule has 1 rings (SSSR count). The predicted octanol–water partition coefficient (Wildman–Crippen LogP) is 1.42. The lowest BCUT2D eigenvalue weighted by Crippen LogP contribution is -2.47. The summed E-state index contributed by atoms with van der Waals surface area (Å²) in [5, 5.41) is 12.1. The van der Waals surface area contributed by atoms with Gasteiger partial charge in [0.05, 0.1) is 5.41 Å². The average molecular weight is 257 g/mol. The Kier molecular flexibility index (Phi) is 5.14. The second-order valence-electron chi connectivity index (χ2n) is 5.50. The molecule has 1 aliphatic rings. The molecule has 1 aliphatic carbocycles. The number of carboxylic acid groups (broad SMARTS) is 1. The first-order chi connectivity index (χ1) is 8.40. The van der Waals surface area contributed by atoms with E-state index >= 15 is 0 Å². The fourth-order valence-electron chi connectivity index (χ4n) is 2.57. The van der Waals surface area contributed by atoms with Gasteiger partial charge < -0.3 is 15.2 Å². The molecule has 1 amide bonds. The minimum atomic E-state index is -0.824. The number of methoxy groups -OCH3 is 1. The molecule has 5 heteroatoms. The third-order valence-electron chi connectivity index (χ3n) is 3.77. The van der Waals surface area contributed by atoms with Gasteiger partial charge in [-0.25, -0.2) is 0 Å². The zero-order chi connectivity index (χ0) is 13.8. The summed E-state index contributed by atoms with van der Waals surface area (Å²) in [6, 6.07) is -0.253. The van der Waals surface area contributed by atoms with Gasteiger partial charge >= 0.3 is 5.97 Å². The van der Waals surface area contributed by atoms with Gasteiger partial charge in [-0.15, -0.1) is 0 Å². The molecule has 3 atom stereocenters. The van der Waals surface area contributed by atoms with E-state index in [1.54, 1.807) is 14.0 Å². The van der Waals surface area contributed by atoms with Crippen LogP contribution in [0.1, 0.15) is 39.5 Å². The highest BCUT2D eigenvalue weighted by Crippen LogP contribution is 2.38. The molecule has 1 saturated carbocycles. The summed E-state index contributed by atoms with van der Waals surface area (Å²) in [6.45, 7) is 4.19. The van der Waals surface area contributed by atoms with E-state index in [1.807, 2.05) is 6.92 Å². The van der Waals surface area contributed by atoms with Crippen LogP contribution >= 0.6 is 0 Å². The largest absolute Gasteiger partial charge is 0.481 e. The van der Waals surface area contributed by atoms with E-state index in [9.17, 15) is 14.7 Å². The van der Waals surface area contributed by atoms with Gasteiger partial charge in [-0.05, 0) is 25.7 Å². The van der Waals surface area contributed by atoms with Crippen molar-refractivity contribution in [3.63, 3.8) is 0 Å². The van der Waals surface area contributed by atoms with Gasteiger partial charge in [-0.1, -0.05) is 13.3 Å². The minimum absolute atomic E-state index is 0.0843. The van der Waals surface area contributed by atoms with Crippen LogP contribution in [0.2, 0.25) is 0 Å². The van der Waals surface area contributed by atoms with Gasteiger partial charge in [-0.2, -0.15) is 0 Å². The van der Waals surface area contributed by atoms with E-state index in [0.717, 1.165) is 12.8 Å². The summed E-state index contributed by atoms with van der Waals surface area (Å²) >= 11 is 0. The van der Waals surface area contributed by atoms with E-state index in [4.69, 9.17) is 4.74 Å². The van der Waals surface area contributed by atoms with Crippen molar-refractivity contribution < 1.29 is 19.4 Å². The Balaban J connectivity index is 2.51. The molecular weight excluding hydrogens is 234 g/mol. The summed E-state index contributed by atoms with van der Waals surface area (Å²) in [6.07, 6.45) is 2.59. The Morgan fingerprint density at radius 3 is 2.78 bits per heavy atom. The normalized spacial score (nSPS) is 28.9. The standard InChI is InChI=1S/C13H23NO4/c1-9(8-18-3)7-11(15)14-10-5-4-6-13(10,2)12(16)17/h9-10H,4-8H2,1-3H3,(H,14,15)(H,16,17). The zero-order valence-electron chi connectivity index (χ0n) is 11.4. The van der Waals surface area contributed by atoms with Gasteiger partial charge in [0.25, 0.3) is 0 Å². The molecule has 0 saturated heterocycles. The maximum atomic E-state index is 11.8. The van der Waals surface area contributed by atoms with Crippen molar-refractivity contribution in [2.75, 3.05) is 13.7 Å². The third kappa shape index (κ3) is 3.45. The van der Waals surface area contributed by atoms with Crippen LogP contribution in [0.3, 0.4) is 0 Å². The molecule has 1 fully saturated rings. The quantitative estimate of drug-likeness (QED) is 0.754.